The van der Waals surface area contributed by atoms with Gasteiger partial charge in [-0.3, -0.25) is 0 Å². The predicted molar refractivity (Wildman–Crippen MR) is 75.6 cm³/mol. The Kier molecular flexibility index (Phi) is 4.57. The monoisotopic (exact) mass is 301 g/mol. The Bertz CT molecular complexity index is 509. The molecule has 0 unspecified atom stereocenters. The van der Waals surface area contributed by atoms with Crippen LogP contribution in [0.2, 0.25) is 0 Å². The Morgan fingerprint density at radius 2 is 2.21 bits per heavy atom. The minimum Gasteiger partial charge on any atom is -0.368 e. The van der Waals surface area contributed by atoms with Crippen molar-refractivity contribution in [3.05, 3.63) is 22.7 Å². The van der Waals surface area contributed by atoms with Gasteiger partial charge in [0.2, 0.25) is 5.82 Å². The highest BCUT2D eigenvalue weighted by atomic mass is 35.5. The second kappa shape index (κ2) is 6.00. The van der Waals surface area contributed by atoms with Gasteiger partial charge < -0.3 is 14.6 Å². The van der Waals surface area contributed by atoms with E-state index in [-0.39, 0.29) is 12.4 Å². The molecule has 0 bridgehead atoms. The number of thiophene rings is 1. The lowest BCUT2D eigenvalue weighted by Crippen LogP contribution is -2.41. The summed E-state index contributed by atoms with van der Waals surface area (Å²) in [6.45, 7) is 1.81. The number of nitrogens with one attached hydrogen (secondary N) is 1. The second-order valence-electron chi connectivity index (χ2n) is 4.38. The smallest absolute Gasteiger partial charge is 0.259 e. The molecule has 7 heteroatoms. The number of hydrogen-bond donors (Lipinski definition) is 1. The fourth-order valence-corrected chi connectivity index (χ4v) is 2.89. The minimum absolute atomic E-state index is 0. The molecule has 1 saturated heterocycles. The van der Waals surface area contributed by atoms with Crippen LogP contribution in [0.3, 0.4) is 0 Å². The lowest BCUT2D eigenvalue weighted by molar-refractivity contribution is -0.0622. The van der Waals surface area contributed by atoms with Crippen LogP contribution in [0, 0.1) is 0 Å². The Labute approximate surface area is 121 Å². The van der Waals surface area contributed by atoms with E-state index in [1.165, 1.54) is 0 Å². The molecular weight excluding hydrogens is 286 g/mol. The van der Waals surface area contributed by atoms with Crippen molar-refractivity contribution in [2.45, 2.75) is 18.4 Å². The van der Waals surface area contributed by atoms with Crippen molar-refractivity contribution < 1.29 is 9.26 Å². The van der Waals surface area contributed by atoms with Crippen LogP contribution < -0.4 is 5.32 Å². The van der Waals surface area contributed by atoms with E-state index in [0.717, 1.165) is 31.5 Å². The molecule has 3 rings (SSSR count). The van der Waals surface area contributed by atoms with Gasteiger partial charge in [-0.15, -0.1) is 12.4 Å². The van der Waals surface area contributed by atoms with E-state index in [1.54, 1.807) is 18.4 Å². The van der Waals surface area contributed by atoms with Gasteiger partial charge in [-0.25, -0.2) is 0 Å². The quantitative estimate of drug-likeness (QED) is 0.943. The third-order valence-corrected chi connectivity index (χ3v) is 4.08. The van der Waals surface area contributed by atoms with E-state index in [2.05, 4.69) is 15.5 Å². The van der Waals surface area contributed by atoms with Crippen molar-refractivity contribution in [1.29, 1.82) is 0 Å². The van der Waals surface area contributed by atoms with Gasteiger partial charge in [-0.05, 0) is 37.4 Å². The van der Waals surface area contributed by atoms with E-state index in [4.69, 9.17) is 9.26 Å². The number of ether oxygens (including phenoxy) is 1. The Morgan fingerprint density at radius 1 is 1.42 bits per heavy atom. The standard InChI is InChI=1S/C12H15N3O2S.ClH/c1-16-12(3-5-13-6-4-12)11-14-10(15-17-11)9-2-7-18-8-9;/h2,7-8,13H,3-6H2,1H3;1H. The van der Waals surface area contributed by atoms with Crippen molar-refractivity contribution in [3.63, 3.8) is 0 Å². The van der Waals surface area contributed by atoms with E-state index in [9.17, 15) is 0 Å². The minimum atomic E-state index is -0.424. The lowest BCUT2D eigenvalue weighted by atomic mass is 9.92. The number of aromatic nitrogens is 2. The fourth-order valence-electron chi connectivity index (χ4n) is 2.25. The van der Waals surface area contributed by atoms with Gasteiger partial charge in [0.25, 0.3) is 5.89 Å². The van der Waals surface area contributed by atoms with Gasteiger partial charge in [-0.2, -0.15) is 16.3 Å². The van der Waals surface area contributed by atoms with Crippen molar-refractivity contribution in [1.82, 2.24) is 15.5 Å². The summed E-state index contributed by atoms with van der Waals surface area (Å²) in [4.78, 5) is 4.50. The average molecular weight is 302 g/mol. The van der Waals surface area contributed by atoms with Crippen LogP contribution >= 0.6 is 23.7 Å². The van der Waals surface area contributed by atoms with E-state index < -0.39 is 5.60 Å². The van der Waals surface area contributed by atoms with Crippen molar-refractivity contribution in [3.8, 4) is 11.4 Å². The molecule has 1 N–H and O–H groups in total. The summed E-state index contributed by atoms with van der Waals surface area (Å²) in [5.74, 6) is 1.23. The maximum absolute atomic E-state index is 5.66. The third kappa shape index (κ3) is 2.67. The summed E-state index contributed by atoms with van der Waals surface area (Å²) in [5, 5.41) is 11.4. The van der Waals surface area contributed by atoms with Crippen LogP contribution in [0.5, 0.6) is 0 Å². The Morgan fingerprint density at radius 3 is 2.84 bits per heavy atom. The first-order chi connectivity index (χ1) is 8.84. The zero-order valence-corrected chi connectivity index (χ0v) is 12.2. The van der Waals surface area contributed by atoms with Crippen LogP contribution in [-0.4, -0.2) is 30.3 Å². The van der Waals surface area contributed by atoms with Crippen molar-refractivity contribution in [2.75, 3.05) is 20.2 Å². The second-order valence-corrected chi connectivity index (χ2v) is 5.16. The summed E-state index contributed by atoms with van der Waals surface area (Å²) >= 11 is 1.62. The van der Waals surface area contributed by atoms with E-state index in [0.29, 0.717) is 11.7 Å². The molecule has 1 aliphatic heterocycles. The van der Waals surface area contributed by atoms with Gasteiger partial charge in [-0.1, -0.05) is 5.16 Å². The molecule has 0 aliphatic carbocycles. The molecule has 104 valence electrons. The van der Waals surface area contributed by atoms with Crippen molar-refractivity contribution in [2.24, 2.45) is 0 Å². The number of halogens is 1. The third-order valence-electron chi connectivity index (χ3n) is 3.40. The molecule has 2 aromatic rings. The SMILES string of the molecule is COC1(c2nc(-c3ccsc3)no2)CCNCC1.Cl. The molecule has 19 heavy (non-hydrogen) atoms. The van der Waals surface area contributed by atoms with Crippen LogP contribution in [-0.2, 0) is 10.3 Å². The van der Waals surface area contributed by atoms with Gasteiger partial charge in [0.1, 0.15) is 5.60 Å². The number of hydrogen-bond acceptors (Lipinski definition) is 6. The van der Waals surface area contributed by atoms with Crippen LogP contribution in [0.15, 0.2) is 21.3 Å². The molecular formula is C12H16ClN3O2S. The highest BCUT2D eigenvalue weighted by Gasteiger charge is 2.39. The highest BCUT2D eigenvalue weighted by Crippen LogP contribution is 2.34. The normalized spacial score (nSPS) is 17.9. The first-order valence-electron chi connectivity index (χ1n) is 5.97. The fraction of sp³-hybridized carbons (Fsp3) is 0.500. The van der Waals surface area contributed by atoms with E-state index >= 15 is 0 Å². The molecule has 0 amide bonds. The molecule has 3 heterocycles. The van der Waals surface area contributed by atoms with Crippen LogP contribution in [0.25, 0.3) is 11.4 Å². The van der Waals surface area contributed by atoms with Gasteiger partial charge in [0.15, 0.2) is 0 Å². The molecule has 2 aromatic heterocycles. The topological polar surface area (TPSA) is 60.2 Å². The van der Waals surface area contributed by atoms with Gasteiger partial charge in [0, 0.05) is 18.1 Å². The summed E-state index contributed by atoms with van der Waals surface area (Å²) in [7, 11) is 1.71. The molecule has 0 radical (unpaired) electrons. The summed E-state index contributed by atoms with van der Waals surface area (Å²) in [6.07, 6.45) is 1.71. The average Bonchev–Trinajstić information content (AvgIpc) is 3.10. The van der Waals surface area contributed by atoms with E-state index in [1.807, 2.05) is 16.8 Å². The zero-order chi connectivity index (χ0) is 12.4. The predicted octanol–water partition coefficient (Wildman–Crippen LogP) is 2.45. The first kappa shape index (κ1) is 14.5. The Balaban J connectivity index is 0.00000133. The van der Waals surface area contributed by atoms with Gasteiger partial charge in [0.05, 0.1) is 0 Å². The summed E-state index contributed by atoms with van der Waals surface area (Å²) < 4.78 is 11.1. The number of rotatable bonds is 3. The maximum Gasteiger partial charge on any atom is 0.259 e. The number of methoxy groups -OCH3 is 1. The summed E-state index contributed by atoms with van der Waals surface area (Å²) in [5.41, 5.74) is 0.571. The van der Waals surface area contributed by atoms with Crippen molar-refractivity contribution >= 4 is 23.7 Å². The molecule has 0 atom stereocenters. The largest absolute Gasteiger partial charge is 0.368 e. The first-order valence-corrected chi connectivity index (χ1v) is 6.91. The lowest BCUT2D eigenvalue weighted by Gasteiger charge is -2.32. The van der Waals surface area contributed by atoms with Gasteiger partial charge >= 0.3 is 0 Å². The molecule has 0 aromatic carbocycles. The number of nitrogens with zero attached hydrogens (tertiary/aromatic N) is 2. The molecule has 5 nitrogen and oxygen atoms in total. The zero-order valence-electron chi connectivity index (χ0n) is 10.6. The van der Waals surface area contributed by atoms with Crippen LogP contribution in [0.4, 0.5) is 0 Å². The number of piperidine rings is 1. The highest BCUT2D eigenvalue weighted by molar-refractivity contribution is 7.08. The molecule has 1 aliphatic rings. The molecule has 1 fully saturated rings. The Hall–Kier alpha value is -0.950. The maximum atomic E-state index is 5.66. The summed E-state index contributed by atoms with van der Waals surface area (Å²) in [6, 6.07) is 1.99. The van der Waals surface area contributed by atoms with Crippen LogP contribution in [0.1, 0.15) is 18.7 Å². The molecule has 0 saturated carbocycles. The molecule has 0 spiro atoms.